The van der Waals surface area contributed by atoms with Gasteiger partial charge < -0.3 is 4.90 Å². The number of benzene rings is 5. The molecule has 0 aromatic heterocycles. The van der Waals surface area contributed by atoms with Crippen molar-refractivity contribution < 1.29 is 0 Å². The van der Waals surface area contributed by atoms with Crippen LogP contribution in [0.5, 0.6) is 0 Å². The molecule has 0 radical (unpaired) electrons. The van der Waals surface area contributed by atoms with E-state index in [0.717, 1.165) is 25.7 Å². The topological polar surface area (TPSA) is 3.24 Å². The fraction of sp³-hybridized carbons (Fsp3) is 0.160. The van der Waals surface area contributed by atoms with Gasteiger partial charge in [-0.25, -0.2) is 0 Å². The van der Waals surface area contributed by atoms with Crippen molar-refractivity contribution in [3.63, 3.8) is 0 Å². The summed E-state index contributed by atoms with van der Waals surface area (Å²) in [4.78, 5) is 2.54. The highest BCUT2D eigenvalue weighted by atomic mass is 15.1. The molecule has 3 unspecified atom stereocenters. The van der Waals surface area contributed by atoms with Crippen LogP contribution in [-0.4, -0.2) is 0 Å². The quantitative estimate of drug-likeness (QED) is 0.182. The average Bonchev–Trinajstić information content (AvgIpc) is 3.66. The molecule has 0 saturated heterocycles. The number of allylic oxidation sites excluding steroid dienone is 12. The van der Waals surface area contributed by atoms with Crippen LogP contribution in [0.3, 0.4) is 0 Å². The van der Waals surface area contributed by atoms with Gasteiger partial charge in [-0.15, -0.1) is 0 Å². The van der Waals surface area contributed by atoms with Gasteiger partial charge in [-0.1, -0.05) is 147 Å². The maximum atomic E-state index is 2.54. The molecule has 0 N–H and O–H groups in total. The zero-order valence-electron chi connectivity index (χ0n) is 29.1. The third kappa shape index (κ3) is 4.61. The molecule has 5 aromatic carbocycles. The molecular formula is C50H41N. The smallest absolute Gasteiger partial charge is 0.0722 e. The second-order valence-corrected chi connectivity index (χ2v) is 14.7. The summed E-state index contributed by atoms with van der Waals surface area (Å²) in [6.45, 7) is 2.38. The van der Waals surface area contributed by atoms with Crippen LogP contribution >= 0.6 is 0 Å². The van der Waals surface area contributed by atoms with Crippen molar-refractivity contribution in [3.05, 3.63) is 215 Å². The highest BCUT2D eigenvalue weighted by Crippen LogP contribution is 2.63. The summed E-state index contributed by atoms with van der Waals surface area (Å²) in [6.07, 6.45) is 22.7. The van der Waals surface area contributed by atoms with E-state index < -0.39 is 0 Å². The summed E-state index contributed by atoms with van der Waals surface area (Å²) < 4.78 is 0. The molecule has 5 aliphatic carbocycles. The molecule has 1 heteroatoms. The molecule has 0 fully saturated rings. The van der Waals surface area contributed by atoms with Crippen LogP contribution in [0, 0.1) is 5.92 Å². The van der Waals surface area contributed by atoms with Crippen molar-refractivity contribution in [2.75, 3.05) is 4.90 Å². The number of rotatable bonds is 5. The van der Waals surface area contributed by atoms with Gasteiger partial charge in [-0.2, -0.15) is 0 Å². The molecule has 0 heterocycles. The third-order valence-electron chi connectivity index (χ3n) is 12.0. The van der Waals surface area contributed by atoms with Crippen molar-refractivity contribution in [2.24, 2.45) is 5.92 Å². The normalized spacial score (nSPS) is 22.3. The van der Waals surface area contributed by atoms with Crippen molar-refractivity contribution in [1.29, 1.82) is 0 Å². The van der Waals surface area contributed by atoms with E-state index in [2.05, 4.69) is 182 Å². The average molecular weight is 656 g/mol. The van der Waals surface area contributed by atoms with Gasteiger partial charge in [-0.05, 0) is 123 Å². The van der Waals surface area contributed by atoms with Gasteiger partial charge in [0.25, 0.3) is 0 Å². The minimum Gasteiger partial charge on any atom is -0.314 e. The van der Waals surface area contributed by atoms with Crippen LogP contribution in [0.2, 0.25) is 0 Å². The van der Waals surface area contributed by atoms with Crippen molar-refractivity contribution >= 4 is 22.5 Å². The molecule has 1 spiro atoms. The lowest BCUT2D eigenvalue weighted by molar-refractivity contribution is 0.715. The Bertz CT molecular complexity index is 2380. The number of hydrogen-bond donors (Lipinski definition) is 0. The van der Waals surface area contributed by atoms with Gasteiger partial charge in [-0.3, -0.25) is 0 Å². The number of anilines is 2. The Morgan fingerprint density at radius 3 is 2.16 bits per heavy atom. The Balaban J connectivity index is 1.17. The first-order valence-electron chi connectivity index (χ1n) is 18.7. The lowest BCUT2D eigenvalue weighted by atomic mass is 9.69. The Morgan fingerprint density at radius 1 is 0.647 bits per heavy atom. The van der Waals surface area contributed by atoms with Gasteiger partial charge in [0, 0.05) is 23.0 Å². The summed E-state index contributed by atoms with van der Waals surface area (Å²) >= 11 is 0. The van der Waals surface area contributed by atoms with E-state index >= 15 is 0 Å². The molecule has 0 aliphatic heterocycles. The van der Waals surface area contributed by atoms with Crippen molar-refractivity contribution in [3.8, 4) is 11.1 Å². The van der Waals surface area contributed by atoms with Gasteiger partial charge in [0.15, 0.2) is 0 Å². The summed E-state index contributed by atoms with van der Waals surface area (Å²) in [5.74, 6) is 0.815. The molecule has 5 aliphatic rings. The molecular weight excluding hydrogens is 615 g/mol. The third-order valence-corrected chi connectivity index (χ3v) is 12.0. The van der Waals surface area contributed by atoms with Crippen molar-refractivity contribution in [2.45, 2.75) is 43.9 Å². The second-order valence-electron chi connectivity index (χ2n) is 14.7. The Hall–Kier alpha value is -5.66. The van der Waals surface area contributed by atoms with E-state index in [1.165, 1.54) is 78.3 Å². The first kappa shape index (κ1) is 30.2. The minimum absolute atomic E-state index is 0.324. The van der Waals surface area contributed by atoms with Crippen LogP contribution in [-0.2, 0) is 5.41 Å². The molecule has 3 atom stereocenters. The predicted octanol–water partition coefficient (Wildman–Crippen LogP) is 12.9. The highest BCUT2D eigenvalue weighted by molar-refractivity contribution is 5.97. The van der Waals surface area contributed by atoms with Gasteiger partial charge in [0.05, 0.1) is 5.41 Å². The second kappa shape index (κ2) is 12.0. The number of fused-ring (bicyclic) bond motifs is 9. The highest BCUT2D eigenvalue weighted by Gasteiger charge is 2.52. The van der Waals surface area contributed by atoms with Crippen LogP contribution in [0.15, 0.2) is 181 Å². The molecule has 5 aromatic rings. The summed E-state index contributed by atoms with van der Waals surface area (Å²) in [5, 5.41) is 0. The maximum Gasteiger partial charge on any atom is 0.0722 e. The van der Waals surface area contributed by atoms with Gasteiger partial charge in [0.2, 0.25) is 0 Å². The fourth-order valence-electron chi connectivity index (χ4n) is 9.70. The first-order valence-corrected chi connectivity index (χ1v) is 18.7. The Morgan fingerprint density at radius 2 is 1.37 bits per heavy atom. The summed E-state index contributed by atoms with van der Waals surface area (Å²) in [7, 11) is 0. The molecule has 51 heavy (non-hydrogen) atoms. The Labute approximate surface area is 302 Å². The summed E-state index contributed by atoms with van der Waals surface area (Å²) in [5.41, 5.74) is 18.8. The van der Waals surface area contributed by atoms with E-state index in [-0.39, 0.29) is 5.41 Å². The molecule has 1 nitrogen and oxygen atoms in total. The van der Waals surface area contributed by atoms with E-state index in [1.54, 1.807) is 0 Å². The lowest BCUT2D eigenvalue weighted by Crippen LogP contribution is -2.27. The SMILES string of the molecule is CC1CC(N(c2ccc(C3C=CC=CC3)cc2)c2ccc3c(c2)C2(C4=C(CCC=C4)c4ccccc42)c2ccccc2-3)=CC=C1c1ccccc1. The maximum absolute atomic E-state index is 2.54. The lowest BCUT2D eigenvalue weighted by Gasteiger charge is -2.35. The Kier molecular flexibility index (Phi) is 7.10. The number of hydrogen-bond acceptors (Lipinski definition) is 1. The van der Waals surface area contributed by atoms with Gasteiger partial charge >= 0.3 is 0 Å². The van der Waals surface area contributed by atoms with Gasteiger partial charge in [0.1, 0.15) is 0 Å². The largest absolute Gasteiger partial charge is 0.314 e. The van der Waals surface area contributed by atoms with E-state index in [4.69, 9.17) is 0 Å². The summed E-state index contributed by atoms with van der Waals surface area (Å²) in [6, 6.07) is 45.9. The molecule has 0 saturated carbocycles. The van der Waals surface area contributed by atoms with Crippen LogP contribution < -0.4 is 4.90 Å². The molecule has 0 amide bonds. The van der Waals surface area contributed by atoms with Crippen molar-refractivity contribution in [1.82, 2.24) is 0 Å². The van der Waals surface area contributed by atoms with Crippen LogP contribution in [0.1, 0.15) is 71.9 Å². The minimum atomic E-state index is -0.324. The zero-order chi connectivity index (χ0) is 33.9. The van der Waals surface area contributed by atoms with Crippen LogP contribution in [0.25, 0.3) is 22.3 Å². The monoisotopic (exact) mass is 655 g/mol. The standard InChI is InChI=1S/C50H41N/c1-34-32-39(28-30-41(34)37-16-6-3-7-17-37)51(38-26-24-36(25-27-38)35-14-4-2-5-15-35)40-29-31-45-44-20-10-13-23-48(44)50(49(45)33-40)46-21-11-8-18-42(46)43-19-9-12-22-47(43)50/h2-8,10-14,16-18,20-31,33-35H,9,15,19,32H2,1H3. The van der Waals surface area contributed by atoms with E-state index in [9.17, 15) is 0 Å². The number of nitrogens with zero attached hydrogens (tertiary/aromatic N) is 1. The fourth-order valence-corrected chi connectivity index (χ4v) is 9.70. The molecule has 246 valence electrons. The van der Waals surface area contributed by atoms with E-state index in [1.807, 2.05) is 0 Å². The molecule has 0 bridgehead atoms. The van der Waals surface area contributed by atoms with E-state index in [0.29, 0.717) is 11.8 Å². The predicted molar refractivity (Wildman–Crippen MR) is 214 cm³/mol. The first-order chi connectivity index (χ1) is 25.2. The van der Waals surface area contributed by atoms with Crippen LogP contribution in [0.4, 0.5) is 11.4 Å². The zero-order valence-corrected chi connectivity index (χ0v) is 29.1. The molecule has 10 rings (SSSR count).